The van der Waals surface area contributed by atoms with E-state index in [1.54, 1.807) is 12.3 Å². The fourth-order valence-electron chi connectivity index (χ4n) is 1.50. The number of aliphatic hydroxyl groups is 1. The molecule has 0 amide bonds. The third-order valence-electron chi connectivity index (χ3n) is 2.37. The number of aromatic nitrogens is 1. The molecule has 1 aromatic heterocycles. The van der Waals surface area contributed by atoms with E-state index in [0.29, 0.717) is 5.15 Å². The van der Waals surface area contributed by atoms with Crippen molar-refractivity contribution in [3.05, 3.63) is 29.0 Å². The van der Waals surface area contributed by atoms with E-state index in [1.807, 2.05) is 13.0 Å². The van der Waals surface area contributed by atoms with Gasteiger partial charge in [0.15, 0.2) is 0 Å². The van der Waals surface area contributed by atoms with E-state index in [2.05, 4.69) is 11.9 Å². The van der Waals surface area contributed by atoms with Gasteiger partial charge in [-0.1, -0.05) is 37.9 Å². The van der Waals surface area contributed by atoms with Crippen LogP contribution in [0, 0.1) is 5.92 Å². The summed E-state index contributed by atoms with van der Waals surface area (Å²) in [5.41, 5.74) is 0.843. The minimum atomic E-state index is -0.431. The van der Waals surface area contributed by atoms with Crippen LogP contribution in [0.15, 0.2) is 18.3 Å². The lowest BCUT2D eigenvalue weighted by Gasteiger charge is -2.17. The lowest BCUT2D eigenvalue weighted by molar-refractivity contribution is 0.112. The molecule has 1 N–H and O–H groups in total. The zero-order valence-electron chi connectivity index (χ0n) is 8.57. The molecule has 3 heteroatoms. The molecule has 2 unspecified atom stereocenters. The molecule has 0 aliphatic heterocycles. The molecule has 1 heterocycles. The van der Waals surface area contributed by atoms with Crippen LogP contribution < -0.4 is 0 Å². The fourth-order valence-corrected chi connectivity index (χ4v) is 1.62. The number of hydrogen-bond donors (Lipinski definition) is 1. The van der Waals surface area contributed by atoms with Gasteiger partial charge in [-0.05, 0) is 24.0 Å². The summed E-state index contributed by atoms with van der Waals surface area (Å²) < 4.78 is 0. The van der Waals surface area contributed by atoms with Gasteiger partial charge in [0.25, 0.3) is 0 Å². The Balaban J connectivity index is 2.68. The molecule has 14 heavy (non-hydrogen) atoms. The SMILES string of the molecule is CCCC(C)C(O)c1ccc(Cl)nc1. The highest BCUT2D eigenvalue weighted by atomic mass is 35.5. The van der Waals surface area contributed by atoms with Crippen LogP contribution in [0.2, 0.25) is 5.15 Å². The Hall–Kier alpha value is -0.600. The summed E-state index contributed by atoms with van der Waals surface area (Å²) in [5, 5.41) is 10.4. The normalized spacial score (nSPS) is 15.1. The van der Waals surface area contributed by atoms with Crippen LogP contribution in [0.5, 0.6) is 0 Å². The Bertz CT molecular complexity index is 273. The van der Waals surface area contributed by atoms with Crippen LogP contribution in [0.4, 0.5) is 0 Å². The Morgan fingerprint density at radius 2 is 2.21 bits per heavy atom. The molecule has 0 aromatic carbocycles. The van der Waals surface area contributed by atoms with Gasteiger partial charge in [0.2, 0.25) is 0 Å². The minimum Gasteiger partial charge on any atom is -0.388 e. The second-order valence-corrected chi connectivity index (χ2v) is 4.01. The molecular formula is C11H16ClNO. The molecule has 2 atom stereocenters. The molecule has 0 saturated heterocycles. The third kappa shape index (κ3) is 2.96. The molecule has 0 aliphatic carbocycles. The van der Waals surface area contributed by atoms with Gasteiger partial charge in [0.1, 0.15) is 5.15 Å². The van der Waals surface area contributed by atoms with Crippen LogP contribution in [0.25, 0.3) is 0 Å². The first-order valence-electron chi connectivity index (χ1n) is 4.94. The van der Waals surface area contributed by atoms with Crippen molar-refractivity contribution >= 4 is 11.6 Å². The number of pyridine rings is 1. The van der Waals surface area contributed by atoms with Gasteiger partial charge in [-0.3, -0.25) is 0 Å². The number of nitrogens with zero attached hydrogens (tertiary/aromatic N) is 1. The highest BCUT2D eigenvalue weighted by Crippen LogP contribution is 2.25. The number of aliphatic hydroxyl groups excluding tert-OH is 1. The summed E-state index contributed by atoms with van der Waals surface area (Å²) in [5.74, 6) is 0.267. The maximum Gasteiger partial charge on any atom is 0.129 e. The topological polar surface area (TPSA) is 33.1 Å². The van der Waals surface area contributed by atoms with E-state index in [1.165, 1.54) is 0 Å². The molecule has 0 fully saturated rings. The predicted octanol–water partition coefficient (Wildman–Crippen LogP) is 3.20. The maximum absolute atomic E-state index is 9.93. The number of hydrogen-bond acceptors (Lipinski definition) is 2. The molecule has 0 aliphatic rings. The van der Waals surface area contributed by atoms with Crippen molar-refractivity contribution in [2.24, 2.45) is 5.92 Å². The zero-order chi connectivity index (χ0) is 10.6. The highest BCUT2D eigenvalue weighted by molar-refractivity contribution is 6.29. The molecule has 0 radical (unpaired) electrons. The molecule has 0 bridgehead atoms. The molecule has 1 rings (SSSR count). The van der Waals surface area contributed by atoms with Crippen molar-refractivity contribution in [3.8, 4) is 0 Å². The maximum atomic E-state index is 9.93. The summed E-state index contributed by atoms with van der Waals surface area (Å²) in [4.78, 5) is 3.95. The first-order valence-corrected chi connectivity index (χ1v) is 5.32. The zero-order valence-corrected chi connectivity index (χ0v) is 9.33. The lowest BCUT2D eigenvalue weighted by atomic mass is 9.95. The molecular weight excluding hydrogens is 198 g/mol. The quantitative estimate of drug-likeness (QED) is 0.780. The van der Waals surface area contributed by atoms with Gasteiger partial charge in [0, 0.05) is 6.20 Å². The van der Waals surface area contributed by atoms with Crippen molar-refractivity contribution in [2.75, 3.05) is 0 Å². The average Bonchev–Trinajstić information content (AvgIpc) is 2.18. The summed E-state index contributed by atoms with van der Waals surface area (Å²) in [6.45, 7) is 4.16. The van der Waals surface area contributed by atoms with Gasteiger partial charge in [-0.25, -0.2) is 4.98 Å². The standard InChI is InChI=1S/C11H16ClNO/c1-3-4-8(2)11(14)9-5-6-10(12)13-7-9/h5-8,11,14H,3-4H2,1-2H3. The van der Waals surface area contributed by atoms with E-state index >= 15 is 0 Å². The van der Waals surface area contributed by atoms with E-state index in [4.69, 9.17) is 11.6 Å². The Morgan fingerprint density at radius 1 is 1.50 bits per heavy atom. The van der Waals surface area contributed by atoms with Crippen molar-refractivity contribution in [1.82, 2.24) is 4.98 Å². The van der Waals surface area contributed by atoms with E-state index in [9.17, 15) is 5.11 Å². The van der Waals surface area contributed by atoms with Crippen molar-refractivity contribution < 1.29 is 5.11 Å². The van der Waals surface area contributed by atoms with Gasteiger partial charge >= 0.3 is 0 Å². The first-order chi connectivity index (χ1) is 6.65. The summed E-state index contributed by atoms with van der Waals surface area (Å²) >= 11 is 5.66. The second kappa shape index (κ2) is 5.32. The van der Waals surface area contributed by atoms with Crippen molar-refractivity contribution in [3.63, 3.8) is 0 Å². The molecule has 0 spiro atoms. The fraction of sp³-hybridized carbons (Fsp3) is 0.545. The third-order valence-corrected chi connectivity index (χ3v) is 2.60. The lowest BCUT2D eigenvalue weighted by Crippen LogP contribution is -2.09. The van der Waals surface area contributed by atoms with Crippen LogP contribution in [-0.2, 0) is 0 Å². The summed E-state index contributed by atoms with van der Waals surface area (Å²) in [6.07, 6.45) is 3.31. The van der Waals surface area contributed by atoms with Gasteiger partial charge < -0.3 is 5.11 Å². The smallest absolute Gasteiger partial charge is 0.129 e. The Kier molecular flexibility index (Phi) is 4.36. The summed E-state index contributed by atoms with van der Waals surface area (Å²) in [7, 11) is 0. The van der Waals surface area contributed by atoms with Crippen LogP contribution in [0.1, 0.15) is 38.4 Å². The molecule has 2 nitrogen and oxygen atoms in total. The molecule has 0 saturated carbocycles. The van der Waals surface area contributed by atoms with Gasteiger partial charge in [-0.2, -0.15) is 0 Å². The first kappa shape index (κ1) is 11.5. The second-order valence-electron chi connectivity index (χ2n) is 3.63. The van der Waals surface area contributed by atoms with Crippen LogP contribution >= 0.6 is 11.6 Å². The van der Waals surface area contributed by atoms with E-state index in [0.717, 1.165) is 18.4 Å². The van der Waals surface area contributed by atoms with E-state index in [-0.39, 0.29) is 5.92 Å². The van der Waals surface area contributed by atoms with Crippen LogP contribution in [-0.4, -0.2) is 10.1 Å². The predicted molar refractivity (Wildman–Crippen MR) is 58.3 cm³/mol. The van der Waals surface area contributed by atoms with E-state index < -0.39 is 6.10 Å². The van der Waals surface area contributed by atoms with Gasteiger partial charge in [0.05, 0.1) is 6.10 Å². The van der Waals surface area contributed by atoms with Crippen LogP contribution in [0.3, 0.4) is 0 Å². The monoisotopic (exact) mass is 213 g/mol. The Morgan fingerprint density at radius 3 is 2.71 bits per heavy atom. The largest absolute Gasteiger partial charge is 0.388 e. The van der Waals surface area contributed by atoms with Crippen molar-refractivity contribution in [2.45, 2.75) is 32.8 Å². The minimum absolute atomic E-state index is 0.267. The average molecular weight is 214 g/mol. The summed E-state index contributed by atoms with van der Waals surface area (Å²) in [6, 6.07) is 3.53. The number of rotatable bonds is 4. The molecule has 78 valence electrons. The van der Waals surface area contributed by atoms with Crippen molar-refractivity contribution in [1.29, 1.82) is 0 Å². The van der Waals surface area contributed by atoms with Gasteiger partial charge in [-0.15, -0.1) is 0 Å². The Labute approximate surface area is 89.9 Å². The number of halogens is 1. The highest BCUT2D eigenvalue weighted by Gasteiger charge is 2.15. The molecule has 1 aromatic rings.